The van der Waals surface area contributed by atoms with Crippen LogP contribution >= 0.6 is 11.6 Å². The number of hydrogen-bond acceptors (Lipinski definition) is 4. The van der Waals surface area contributed by atoms with E-state index in [1.807, 2.05) is 4.90 Å². The molecule has 1 amide bonds. The molecule has 8 heteroatoms. The van der Waals surface area contributed by atoms with Crippen LogP contribution in [0.5, 0.6) is 0 Å². The third-order valence-corrected chi connectivity index (χ3v) is 3.03. The maximum atomic E-state index is 11.3. The van der Waals surface area contributed by atoms with Crippen LogP contribution in [0.15, 0.2) is 11.0 Å². The van der Waals surface area contributed by atoms with E-state index in [0.29, 0.717) is 31.9 Å². The molecule has 1 aliphatic rings. The number of H-pyrrole nitrogens is 1. The number of amides is 1. The first kappa shape index (κ1) is 11.7. The smallest absolute Gasteiger partial charge is 0.407 e. The number of anilines is 1. The number of aromatic amines is 1. The molecule has 92 valence electrons. The SMILES string of the molecule is O=C(O)N1CCN(c2cn[nH]c(=O)c2Cl)CC1. The van der Waals surface area contributed by atoms with Crippen molar-refractivity contribution in [2.75, 3.05) is 31.1 Å². The number of aromatic nitrogens is 2. The number of piperazine rings is 1. The van der Waals surface area contributed by atoms with Gasteiger partial charge >= 0.3 is 6.09 Å². The molecule has 1 aliphatic heterocycles. The Kier molecular flexibility index (Phi) is 3.19. The Morgan fingerprint density at radius 2 is 2.06 bits per heavy atom. The van der Waals surface area contributed by atoms with Crippen LogP contribution < -0.4 is 10.5 Å². The molecule has 17 heavy (non-hydrogen) atoms. The van der Waals surface area contributed by atoms with Gasteiger partial charge in [-0.15, -0.1) is 0 Å². The van der Waals surface area contributed by atoms with E-state index >= 15 is 0 Å². The van der Waals surface area contributed by atoms with E-state index in [4.69, 9.17) is 16.7 Å². The molecule has 7 nitrogen and oxygen atoms in total. The van der Waals surface area contributed by atoms with E-state index in [-0.39, 0.29) is 5.02 Å². The van der Waals surface area contributed by atoms with Crippen LogP contribution in [0.2, 0.25) is 5.02 Å². The number of halogens is 1. The number of nitrogens with zero attached hydrogens (tertiary/aromatic N) is 3. The van der Waals surface area contributed by atoms with Crippen LogP contribution in [0.1, 0.15) is 0 Å². The second-order valence-corrected chi connectivity index (χ2v) is 4.03. The molecule has 0 saturated carbocycles. The molecule has 2 heterocycles. The zero-order valence-corrected chi connectivity index (χ0v) is 9.65. The summed E-state index contributed by atoms with van der Waals surface area (Å²) >= 11 is 5.87. The maximum absolute atomic E-state index is 11.3. The molecule has 2 N–H and O–H groups in total. The second kappa shape index (κ2) is 4.62. The zero-order chi connectivity index (χ0) is 12.4. The van der Waals surface area contributed by atoms with Gasteiger partial charge in [0, 0.05) is 26.2 Å². The first-order valence-corrected chi connectivity index (χ1v) is 5.43. The molecule has 0 aromatic carbocycles. The van der Waals surface area contributed by atoms with Crippen molar-refractivity contribution in [1.29, 1.82) is 0 Å². The number of nitrogens with one attached hydrogen (secondary N) is 1. The maximum Gasteiger partial charge on any atom is 0.407 e. The highest BCUT2D eigenvalue weighted by atomic mass is 35.5. The van der Waals surface area contributed by atoms with E-state index < -0.39 is 11.7 Å². The van der Waals surface area contributed by atoms with Crippen molar-refractivity contribution in [3.8, 4) is 0 Å². The third-order valence-electron chi connectivity index (χ3n) is 2.67. The van der Waals surface area contributed by atoms with Gasteiger partial charge in [0.1, 0.15) is 5.02 Å². The molecule has 0 atom stereocenters. The Bertz CT molecular complexity index is 481. The predicted molar refractivity (Wildman–Crippen MR) is 61.7 cm³/mol. The van der Waals surface area contributed by atoms with Gasteiger partial charge in [-0.25, -0.2) is 9.89 Å². The monoisotopic (exact) mass is 258 g/mol. The minimum absolute atomic E-state index is 0.0868. The highest BCUT2D eigenvalue weighted by Crippen LogP contribution is 2.21. The van der Waals surface area contributed by atoms with Gasteiger partial charge in [0.05, 0.1) is 11.9 Å². The standard InChI is InChI=1S/C9H11ClN4O3/c10-7-6(5-11-12-8(7)15)13-1-3-14(4-2-13)9(16)17/h5H,1-4H2,(H,12,15)(H,16,17). The van der Waals surface area contributed by atoms with Crippen molar-refractivity contribution >= 4 is 23.4 Å². The largest absolute Gasteiger partial charge is 0.465 e. The average molecular weight is 259 g/mol. The molecule has 0 spiro atoms. The van der Waals surface area contributed by atoms with E-state index in [1.165, 1.54) is 11.1 Å². The van der Waals surface area contributed by atoms with Crippen LogP contribution in [-0.2, 0) is 0 Å². The number of carboxylic acid groups (broad SMARTS) is 1. The minimum atomic E-state index is -0.931. The minimum Gasteiger partial charge on any atom is -0.465 e. The van der Waals surface area contributed by atoms with E-state index in [0.717, 1.165) is 0 Å². The molecular weight excluding hydrogens is 248 g/mol. The summed E-state index contributed by atoms with van der Waals surface area (Å²) in [4.78, 5) is 25.2. The summed E-state index contributed by atoms with van der Waals surface area (Å²) in [5.41, 5.74) is 0.102. The van der Waals surface area contributed by atoms with Crippen LogP contribution in [0.4, 0.5) is 10.5 Å². The molecule has 0 aliphatic carbocycles. The van der Waals surface area contributed by atoms with Gasteiger partial charge in [0.15, 0.2) is 0 Å². The van der Waals surface area contributed by atoms with Crippen molar-refractivity contribution < 1.29 is 9.90 Å². The Hall–Kier alpha value is -1.76. The highest BCUT2D eigenvalue weighted by Gasteiger charge is 2.22. The normalized spacial score (nSPS) is 16.1. The fourth-order valence-electron chi connectivity index (χ4n) is 1.73. The van der Waals surface area contributed by atoms with Gasteiger partial charge in [-0.05, 0) is 0 Å². The van der Waals surface area contributed by atoms with Gasteiger partial charge in [0.25, 0.3) is 5.56 Å². The van der Waals surface area contributed by atoms with Crippen LogP contribution in [0.25, 0.3) is 0 Å². The van der Waals surface area contributed by atoms with Crippen LogP contribution in [-0.4, -0.2) is 52.5 Å². The number of carbonyl (C=O) groups is 1. The van der Waals surface area contributed by atoms with Gasteiger partial charge in [-0.3, -0.25) is 4.79 Å². The van der Waals surface area contributed by atoms with Gasteiger partial charge in [-0.2, -0.15) is 5.10 Å². The van der Waals surface area contributed by atoms with Gasteiger partial charge < -0.3 is 14.9 Å². The lowest BCUT2D eigenvalue weighted by molar-refractivity contribution is 0.142. The van der Waals surface area contributed by atoms with Crippen molar-refractivity contribution in [2.45, 2.75) is 0 Å². The highest BCUT2D eigenvalue weighted by molar-refractivity contribution is 6.33. The first-order chi connectivity index (χ1) is 8.09. The lowest BCUT2D eigenvalue weighted by Crippen LogP contribution is -2.48. The third kappa shape index (κ3) is 2.33. The van der Waals surface area contributed by atoms with Crippen molar-refractivity contribution in [1.82, 2.24) is 15.1 Å². The topological polar surface area (TPSA) is 89.5 Å². The Labute approximate surface area is 102 Å². The van der Waals surface area contributed by atoms with E-state index in [2.05, 4.69) is 10.2 Å². The molecule has 0 bridgehead atoms. The second-order valence-electron chi connectivity index (χ2n) is 3.66. The molecule has 1 aromatic heterocycles. The molecule has 1 saturated heterocycles. The lowest BCUT2D eigenvalue weighted by Gasteiger charge is -2.34. The summed E-state index contributed by atoms with van der Waals surface area (Å²) in [6.07, 6.45) is 0.542. The van der Waals surface area contributed by atoms with Crippen molar-refractivity contribution in [3.05, 3.63) is 21.6 Å². The van der Waals surface area contributed by atoms with Crippen molar-refractivity contribution in [2.24, 2.45) is 0 Å². The van der Waals surface area contributed by atoms with Gasteiger partial charge in [-0.1, -0.05) is 11.6 Å². The molecule has 1 fully saturated rings. The summed E-state index contributed by atoms with van der Waals surface area (Å²) < 4.78 is 0. The Morgan fingerprint density at radius 3 is 2.65 bits per heavy atom. The Balaban J connectivity index is 2.13. The fourth-order valence-corrected chi connectivity index (χ4v) is 1.94. The molecule has 0 unspecified atom stereocenters. The summed E-state index contributed by atoms with van der Waals surface area (Å²) in [7, 11) is 0. The number of hydrogen-bond donors (Lipinski definition) is 2. The first-order valence-electron chi connectivity index (χ1n) is 5.05. The lowest BCUT2D eigenvalue weighted by atomic mass is 10.3. The molecule has 2 rings (SSSR count). The zero-order valence-electron chi connectivity index (χ0n) is 8.89. The molecular formula is C9H11ClN4O3. The number of rotatable bonds is 1. The molecule has 1 aromatic rings. The van der Waals surface area contributed by atoms with Crippen molar-refractivity contribution in [3.63, 3.8) is 0 Å². The summed E-state index contributed by atoms with van der Waals surface area (Å²) in [6.45, 7) is 1.77. The van der Waals surface area contributed by atoms with E-state index in [1.54, 1.807) is 0 Å². The molecule has 0 radical (unpaired) electrons. The average Bonchev–Trinajstić information content (AvgIpc) is 2.33. The van der Waals surface area contributed by atoms with Crippen LogP contribution in [0, 0.1) is 0 Å². The summed E-state index contributed by atoms with van der Waals surface area (Å²) in [5.74, 6) is 0. The van der Waals surface area contributed by atoms with Gasteiger partial charge in [0.2, 0.25) is 0 Å². The quantitative estimate of drug-likeness (QED) is 0.752. The summed E-state index contributed by atoms with van der Waals surface area (Å²) in [5, 5.41) is 14.8. The Morgan fingerprint density at radius 1 is 1.41 bits per heavy atom. The van der Waals surface area contributed by atoms with E-state index in [9.17, 15) is 9.59 Å². The predicted octanol–water partition coefficient (Wildman–Crippen LogP) is 0.223. The fraction of sp³-hybridized carbons (Fsp3) is 0.444. The van der Waals surface area contributed by atoms with Crippen LogP contribution in [0.3, 0.4) is 0 Å². The summed E-state index contributed by atoms with van der Waals surface area (Å²) in [6, 6.07) is 0.